The molecule has 2 aromatic rings. The summed E-state index contributed by atoms with van der Waals surface area (Å²) in [5, 5.41) is 3.17. The molecule has 1 aromatic heterocycles. The van der Waals surface area contributed by atoms with Crippen molar-refractivity contribution in [1.29, 1.82) is 0 Å². The molecule has 26 heavy (non-hydrogen) atoms. The van der Waals surface area contributed by atoms with Gasteiger partial charge in [0, 0.05) is 31.7 Å². The van der Waals surface area contributed by atoms with Crippen molar-refractivity contribution in [2.45, 2.75) is 19.5 Å². The van der Waals surface area contributed by atoms with E-state index in [2.05, 4.69) is 15.3 Å². The van der Waals surface area contributed by atoms with Crippen LogP contribution in [0.4, 0.5) is 19.1 Å². The lowest BCUT2D eigenvalue weighted by atomic mass is 10.1. The Bertz CT molecular complexity index is 702. The van der Waals surface area contributed by atoms with Crippen LogP contribution in [0.25, 0.3) is 11.3 Å². The molecule has 1 saturated heterocycles. The largest absolute Gasteiger partial charge is 0.433 e. The maximum absolute atomic E-state index is 13.2. The molecule has 4 nitrogen and oxygen atoms in total. The number of alkyl halides is 3. The van der Waals surface area contributed by atoms with Gasteiger partial charge in [-0.15, -0.1) is 24.8 Å². The second kappa shape index (κ2) is 9.39. The SMILES string of the molecule is CCc1ccc(-c2cc(C(F)(F)F)nc(N3CCNCC3)n2)cc1.Cl.Cl. The molecule has 0 spiro atoms. The molecule has 0 amide bonds. The third-order valence-electron chi connectivity index (χ3n) is 4.06. The summed E-state index contributed by atoms with van der Waals surface area (Å²) in [6, 6.07) is 8.46. The number of aromatic nitrogens is 2. The molecule has 0 saturated carbocycles. The van der Waals surface area contributed by atoms with Crippen molar-refractivity contribution in [1.82, 2.24) is 15.3 Å². The number of nitrogens with one attached hydrogen (secondary N) is 1. The summed E-state index contributed by atoms with van der Waals surface area (Å²) in [6.45, 7) is 4.63. The first-order chi connectivity index (χ1) is 11.5. The highest BCUT2D eigenvalue weighted by Crippen LogP contribution is 2.32. The molecule has 1 aliphatic rings. The first-order valence-electron chi connectivity index (χ1n) is 7.98. The van der Waals surface area contributed by atoms with E-state index in [9.17, 15) is 13.2 Å². The number of hydrogen-bond acceptors (Lipinski definition) is 4. The summed E-state index contributed by atoms with van der Waals surface area (Å²) >= 11 is 0. The average Bonchev–Trinajstić information content (AvgIpc) is 2.61. The van der Waals surface area contributed by atoms with Gasteiger partial charge >= 0.3 is 6.18 Å². The fraction of sp³-hybridized carbons (Fsp3) is 0.412. The van der Waals surface area contributed by atoms with Gasteiger partial charge in [0.1, 0.15) is 0 Å². The third kappa shape index (κ3) is 5.22. The predicted molar refractivity (Wildman–Crippen MR) is 101 cm³/mol. The predicted octanol–water partition coefficient (Wildman–Crippen LogP) is 3.98. The highest BCUT2D eigenvalue weighted by Gasteiger charge is 2.34. The second-order valence-electron chi connectivity index (χ2n) is 5.72. The van der Waals surface area contributed by atoms with Gasteiger partial charge in [-0.05, 0) is 18.1 Å². The van der Waals surface area contributed by atoms with E-state index in [-0.39, 0.29) is 30.8 Å². The molecular formula is C17H21Cl2F3N4. The molecule has 0 radical (unpaired) electrons. The van der Waals surface area contributed by atoms with Crippen LogP contribution in [0.1, 0.15) is 18.2 Å². The maximum atomic E-state index is 13.2. The molecule has 144 valence electrons. The van der Waals surface area contributed by atoms with E-state index < -0.39 is 11.9 Å². The normalized spacial score (nSPS) is 14.4. The van der Waals surface area contributed by atoms with E-state index in [1.165, 1.54) is 0 Å². The lowest BCUT2D eigenvalue weighted by molar-refractivity contribution is -0.141. The Hall–Kier alpha value is -1.57. The van der Waals surface area contributed by atoms with Crippen LogP contribution in [-0.2, 0) is 12.6 Å². The standard InChI is InChI=1S/C17H19F3N4.2ClH/c1-2-12-3-5-13(6-4-12)14-11-15(17(18,19)20)23-16(22-14)24-9-7-21-8-10-24;;/h3-6,11,21H,2,7-10H2,1H3;2*1H. The quantitative estimate of drug-likeness (QED) is 0.833. The molecule has 1 aliphatic heterocycles. The Morgan fingerprint density at radius 1 is 1.04 bits per heavy atom. The number of hydrogen-bond donors (Lipinski definition) is 1. The van der Waals surface area contributed by atoms with Gasteiger partial charge in [-0.1, -0.05) is 31.2 Å². The first-order valence-corrected chi connectivity index (χ1v) is 7.98. The molecule has 0 bridgehead atoms. The first kappa shape index (κ1) is 22.5. The molecule has 3 rings (SSSR count). The lowest BCUT2D eigenvalue weighted by Crippen LogP contribution is -2.44. The topological polar surface area (TPSA) is 41.1 Å². The van der Waals surface area contributed by atoms with Crippen LogP contribution in [0.5, 0.6) is 0 Å². The Labute approximate surface area is 163 Å². The lowest BCUT2D eigenvalue weighted by Gasteiger charge is -2.28. The molecule has 2 heterocycles. The maximum Gasteiger partial charge on any atom is 0.433 e. The molecular weight excluding hydrogens is 388 g/mol. The average molecular weight is 409 g/mol. The van der Waals surface area contributed by atoms with E-state index in [1.807, 2.05) is 31.2 Å². The van der Waals surface area contributed by atoms with E-state index in [1.54, 1.807) is 4.90 Å². The van der Waals surface area contributed by atoms with Crippen molar-refractivity contribution in [3.05, 3.63) is 41.6 Å². The van der Waals surface area contributed by atoms with Crippen molar-refractivity contribution >= 4 is 30.8 Å². The van der Waals surface area contributed by atoms with Gasteiger partial charge in [0.05, 0.1) is 5.69 Å². The molecule has 9 heteroatoms. The fourth-order valence-corrected chi connectivity index (χ4v) is 2.65. The van der Waals surface area contributed by atoms with Gasteiger partial charge in [0.15, 0.2) is 5.69 Å². The Balaban J connectivity index is 0.00000169. The van der Waals surface area contributed by atoms with Crippen molar-refractivity contribution in [3.63, 3.8) is 0 Å². The number of benzene rings is 1. The van der Waals surface area contributed by atoms with E-state index in [0.717, 1.165) is 18.1 Å². The minimum Gasteiger partial charge on any atom is -0.338 e. The van der Waals surface area contributed by atoms with E-state index >= 15 is 0 Å². The van der Waals surface area contributed by atoms with Crippen molar-refractivity contribution in [3.8, 4) is 11.3 Å². The number of nitrogens with zero attached hydrogens (tertiary/aromatic N) is 3. The van der Waals surface area contributed by atoms with Crippen molar-refractivity contribution in [2.24, 2.45) is 0 Å². The van der Waals surface area contributed by atoms with Crippen LogP contribution in [-0.4, -0.2) is 36.1 Å². The second-order valence-corrected chi connectivity index (χ2v) is 5.72. The number of piperazine rings is 1. The molecule has 0 atom stereocenters. The van der Waals surface area contributed by atoms with Gasteiger partial charge < -0.3 is 10.2 Å². The van der Waals surface area contributed by atoms with Gasteiger partial charge in [-0.3, -0.25) is 0 Å². The number of anilines is 1. The van der Waals surface area contributed by atoms with Gasteiger partial charge in [-0.2, -0.15) is 13.2 Å². The van der Waals surface area contributed by atoms with Gasteiger partial charge in [0.2, 0.25) is 5.95 Å². The summed E-state index contributed by atoms with van der Waals surface area (Å²) < 4.78 is 39.7. The zero-order valence-corrected chi connectivity index (χ0v) is 15.8. The van der Waals surface area contributed by atoms with Crippen molar-refractivity contribution < 1.29 is 13.2 Å². The minimum absolute atomic E-state index is 0. The van der Waals surface area contributed by atoms with Crippen molar-refractivity contribution in [2.75, 3.05) is 31.1 Å². The van der Waals surface area contributed by atoms with Gasteiger partial charge in [0.25, 0.3) is 0 Å². The smallest absolute Gasteiger partial charge is 0.338 e. The van der Waals surface area contributed by atoms with Crippen LogP contribution in [0.2, 0.25) is 0 Å². The Morgan fingerprint density at radius 2 is 1.65 bits per heavy atom. The molecule has 1 N–H and O–H groups in total. The summed E-state index contributed by atoms with van der Waals surface area (Å²) in [7, 11) is 0. The fourth-order valence-electron chi connectivity index (χ4n) is 2.65. The summed E-state index contributed by atoms with van der Waals surface area (Å²) in [5.74, 6) is 0.140. The minimum atomic E-state index is -4.50. The zero-order valence-electron chi connectivity index (χ0n) is 14.2. The molecule has 1 aromatic carbocycles. The van der Waals surface area contributed by atoms with Crippen LogP contribution in [0.3, 0.4) is 0 Å². The number of rotatable bonds is 3. The summed E-state index contributed by atoms with van der Waals surface area (Å²) in [6.07, 6.45) is -3.62. The zero-order chi connectivity index (χ0) is 17.2. The van der Waals surface area contributed by atoms with Crippen LogP contribution >= 0.6 is 24.8 Å². The highest BCUT2D eigenvalue weighted by atomic mass is 35.5. The molecule has 0 aliphatic carbocycles. The molecule has 1 fully saturated rings. The summed E-state index contributed by atoms with van der Waals surface area (Å²) in [4.78, 5) is 9.92. The number of halogens is 5. The third-order valence-corrected chi connectivity index (χ3v) is 4.06. The molecule has 0 unspecified atom stereocenters. The van der Waals surface area contributed by atoms with E-state index in [4.69, 9.17) is 0 Å². The van der Waals surface area contributed by atoms with Gasteiger partial charge in [-0.25, -0.2) is 9.97 Å². The van der Waals surface area contributed by atoms with Crippen LogP contribution in [0, 0.1) is 0 Å². The summed E-state index contributed by atoms with van der Waals surface area (Å²) in [5.41, 5.74) is 1.19. The van der Waals surface area contributed by atoms with E-state index in [0.29, 0.717) is 37.4 Å². The number of aryl methyl sites for hydroxylation is 1. The highest BCUT2D eigenvalue weighted by molar-refractivity contribution is 5.85. The van der Waals surface area contributed by atoms with Crippen LogP contribution < -0.4 is 10.2 Å². The Morgan fingerprint density at radius 3 is 2.19 bits per heavy atom. The van der Waals surface area contributed by atoms with Crippen LogP contribution in [0.15, 0.2) is 30.3 Å². The monoisotopic (exact) mass is 408 g/mol. The Kier molecular flexibility index (Phi) is 8.12.